The molecule has 44 heavy (non-hydrogen) atoms. The molecule has 0 spiro atoms. The summed E-state index contributed by atoms with van der Waals surface area (Å²) in [5, 5.41) is 0. The summed E-state index contributed by atoms with van der Waals surface area (Å²) in [6.07, 6.45) is 29.0. The molecular formula is C44H54. The van der Waals surface area contributed by atoms with Crippen molar-refractivity contribution in [1.29, 1.82) is 0 Å². The Morgan fingerprint density at radius 2 is 0.773 bits per heavy atom. The van der Waals surface area contributed by atoms with E-state index in [1.54, 1.807) is 0 Å². The second-order valence-electron chi connectivity index (χ2n) is 19.8. The van der Waals surface area contributed by atoms with Gasteiger partial charge < -0.3 is 0 Å². The van der Waals surface area contributed by atoms with Gasteiger partial charge in [0, 0.05) is 11.1 Å². The lowest BCUT2D eigenvalue weighted by atomic mass is 9.24. The van der Waals surface area contributed by atoms with Crippen molar-refractivity contribution in [1.82, 2.24) is 0 Å². The first-order chi connectivity index (χ1) is 20.5. The second kappa shape index (κ2) is 8.28. The average molecular weight is 583 g/mol. The van der Waals surface area contributed by atoms with Gasteiger partial charge in [0.15, 0.2) is 0 Å². The number of terminal acetylenes is 2. The molecule has 0 N–H and O–H groups in total. The topological polar surface area (TPSA) is 0 Å². The lowest BCUT2D eigenvalue weighted by molar-refractivity contribution is -0.275. The Hall–Kier alpha value is -2.44. The first-order valence-electron chi connectivity index (χ1n) is 17.6. The van der Waals surface area contributed by atoms with Gasteiger partial charge in [0.2, 0.25) is 0 Å². The molecule has 230 valence electrons. The van der Waals surface area contributed by atoms with E-state index in [-0.39, 0.29) is 10.8 Å². The third-order valence-corrected chi connectivity index (χ3v) is 14.7. The van der Waals surface area contributed by atoms with Crippen molar-refractivity contribution in [3.63, 3.8) is 0 Å². The van der Waals surface area contributed by atoms with E-state index >= 15 is 0 Å². The fourth-order valence-corrected chi connectivity index (χ4v) is 16.2. The predicted molar refractivity (Wildman–Crippen MR) is 184 cm³/mol. The third-order valence-electron chi connectivity index (χ3n) is 14.7. The molecule has 0 aliphatic heterocycles. The third kappa shape index (κ3) is 3.67. The number of benzene rings is 2. The van der Waals surface area contributed by atoms with Crippen molar-refractivity contribution in [2.24, 2.45) is 32.5 Å². The maximum Gasteiger partial charge on any atom is 0.0309 e. The highest BCUT2D eigenvalue weighted by molar-refractivity contribution is 5.55. The molecule has 8 fully saturated rings. The molecule has 4 atom stereocenters. The van der Waals surface area contributed by atoms with E-state index < -0.39 is 0 Å². The molecular weight excluding hydrogens is 528 g/mol. The van der Waals surface area contributed by atoms with Crippen LogP contribution in [0.2, 0.25) is 0 Å². The summed E-state index contributed by atoms with van der Waals surface area (Å²) in [4.78, 5) is 0. The maximum absolute atomic E-state index is 6.37. The fourth-order valence-electron chi connectivity index (χ4n) is 16.2. The fraction of sp³-hybridized carbons (Fsp3) is 0.636. The van der Waals surface area contributed by atoms with Crippen molar-refractivity contribution in [3.05, 3.63) is 68.8 Å². The van der Waals surface area contributed by atoms with Crippen molar-refractivity contribution in [2.75, 3.05) is 0 Å². The summed E-state index contributed by atoms with van der Waals surface area (Å²) < 4.78 is 0. The first-order valence-corrected chi connectivity index (χ1v) is 17.6. The van der Waals surface area contributed by atoms with E-state index in [9.17, 15) is 0 Å². The molecule has 8 aliphatic carbocycles. The van der Waals surface area contributed by atoms with Crippen LogP contribution >= 0.6 is 0 Å². The van der Waals surface area contributed by atoms with Gasteiger partial charge in [0.25, 0.3) is 0 Å². The van der Waals surface area contributed by atoms with Crippen molar-refractivity contribution < 1.29 is 0 Å². The van der Waals surface area contributed by atoms with Crippen LogP contribution in [0.4, 0.5) is 0 Å². The standard InChI is InChI=1S/C44H54/c1-11-33-31(5)13-29(3)15-35(33)41-19-37(7)17-38(8,20-41)24-43(23-37,27-41)44-25-39(9)18-40(10,26-44)22-42(21-39,28-44)36-16-30(4)14-32(6)34(36)12-2/h1-2,13-16H,17-28H2,3-10H3. The molecule has 0 radical (unpaired) electrons. The monoisotopic (exact) mass is 582 g/mol. The Morgan fingerprint density at radius 1 is 0.455 bits per heavy atom. The quantitative estimate of drug-likeness (QED) is 0.316. The smallest absolute Gasteiger partial charge is 0.0309 e. The zero-order chi connectivity index (χ0) is 31.3. The molecule has 0 heterocycles. The molecule has 8 saturated carbocycles. The van der Waals surface area contributed by atoms with Crippen LogP contribution in [-0.4, -0.2) is 0 Å². The van der Waals surface area contributed by atoms with Gasteiger partial charge in [-0.3, -0.25) is 0 Å². The van der Waals surface area contributed by atoms with E-state index in [4.69, 9.17) is 12.8 Å². The van der Waals surface area contributed by atoms with Crippen LogP contribution in [-0.2, 0) is 10.8 Å². The highest BCUT2D eigenvalue weighted by Crippen LogP contribution is 2.85. The van der Waals surface area contributed by atoms with Gasteiger partial charge in [-0.1, -0.05) is 74.9 Å². The summed E-state index contributed by atoms with van der Waals surface area (Å²) in [7, 11) is 0. The van der Waals surface area contributed by atoms with Gasteiger partial charge in [-0.25, -0.2) is 0 Å². The molecule has 2 aromatic carbocycles. The van der Waals surface area contributed by atoms with Gasteiger partial charge >= 0.3 is 0 Å². The Balaban J connectivity index is 1.36. The summed E-state index contributed by atoms with van der Waals surface area (Å²) in [6.45, 7) is 19.8. The Kier molecular flexibility index (Phi) is 5.46. The number of aryl methyl sites for hydroxylation is 4. The molecule has 10 rings (SSSR count). The number of hydrogen-bond acceptors (Lipinski definition) is 0. The Morgan fingerprint density at radius 3 is 1.07 bits per heavy atom. The lowest BCUT2D eigenvalue weighted by Gasteiger charge is -2.80. The highest BCUT2D eigenvalue weighted by atomic mass is 14.8. The molecule has 8 bridgehead atoms. The van der Waals surface area contributed by atoms with E-state index in [0.717, 1.165) is 0 Å². The zero-order valence-corrected chi connectivity index (χ0v) is 28.9. The minimum absolute atomic E-state index is 0.179. The van der Waals surface area contributed by atoms with Crippen LogP contribution in [0.3, 0.4) is 0 Å². The van der Waals surface area contributed by atoms with Crippen LogP contribution < -0.4 is 0 Å². The van der Waals surface area contributed by atoms with Gasteiger partial charge in [-0.05, 0) is 170 Å². The normalized spacial score (nSPS) is 46.2. The average Bonchev–Trinajstić information content (AvgIpc) is 2.83. The summed E-state index contributed by atoms with van der Waals surface area (Å²) in [5.74, 6) is 6.47. The van der Waals surface area contributed by atoms with Crippen LogP contribution in [0.1, 0.15) is 149 Å². The molecule has 4 unspecified atom stereocenters. The van der Waals surface area contributed by atoms with Gasteiger partial charge in [-0.2, -0.15) is 0 Å². The molecule has 0 nitrogen and oxygen atoms in total. The summed E-state index contributed by atoms with van der Waals surface area (Å²) in [5.41, 5.74) is 13.3. The number of hydrogen-bond donors (Lipinski definition) is 0. The van der Waals surface area contributed by atoms with E-state index in [1.165, 1.54) is 122 Å². The molecule has 2 aromatic rings. The van der Waals surface area contributed by atoms with Crippen LogP contribution in [0.15, 0.2) is 24.3 Å². The molecule has 0 amide bonds. The molecule has 0 aromatic heterocycles. The van der Waals surface area contributed by atoms with Gasteiger partial charge in [0.1, 0.15) is 0 Å². The van der Waals surface area contributed by atoms with E-state index in [0.29, 0.717) is 32.5 Å². The Bertz CT molecular complexity index is 1550. The molecule has 8 aliphatic rings. The van der Waals surface area contributed by atoms with Crippen molar-refractivity contribution in [3.8, 4) is 24.7 Å². The SMILES string of the molecule is C#Cc1c(C)cc(C)cc1C12CC3(C)CC(C)(C1)CC(C14CC5(C)CC(C)(CC(c6cc(C)cc(C)c6C#C)(C5)C1)C4)(C3)C2. The van der Waals surface area contributed by atoms with Crippen LogP contribution in [0, 0.1) is 84.9 Å². The zero-order valence-electron chi connectivity index (χ0n) is 28.9. The second-order valence-corrected chi connectivity index (χ2v) is 19.8. The molecule has 0 saturated heterocycles. The van der Waals surface area contributed by atoms with Crippen molar-refractivity contribution >= 4 is 0 Å². The summed E-state index contributed by atoms with van der Waals surface area (Å²) in [6, 6.07) is 9.67. The van der Waals surface area contributed by atoms with Crippen LogP contribution in [0.25, 0.3) is 0 Å². The van der Waals surface area contributed by atoms with Crippen LogP contribution in [0.5, 0.6) is 0 Å². The van der Waals surface area contributed by atoms with Gasteiger partial charge in [0.05, 0.1) is 0 Å². The van der Waals surface area contributed by atoms with E-state index in [2.05, 4.69) is 91.5 Å². The minimum Gasteiger partial charge on any atom is -0.115 e. The Labute approximate surface area is 268 Å². The van der Waals surface area contributed by atoms with E-state index in [1.807, 2.05) is 0 Å². The maximum atomic E-state index is 6.37. The predicted octanol–water partition coefficient (Wildman–Crippen LogP) is 10.8. The largest absolute Gasteiger partial charge is 0.115 e. The highest BCUT2D eigenvalue weighted by Gasteiger charge is 2.76. The number of rotatable bonds is 3. The summed E-state index contributed by atoms with van der Waals surface area (Å²) >= 11 is 0. The lowest BCUT2D eigenvalue weighted by Crippen LogP contribution is -2.71. The van der Waals surface area contributed by atoms with Crippen molar-refractivity contribution in [2.45, 2.75) is 143 Å². The first kappa shape index (κ1) is 29.0. The van der Waals surface area contributed by atoms with Gasteiger partial charge in [-0.15, -0.1) is 12.8 Å². The molecule has 0 heteroatoms. The minimum atomic E-state index is 0.179.